The van der Waals surface area contributed by atoms with Crippen molar-refractivity contribution in [1.29, 1.82) is 0 Å². The van der Waals surface area contributed by atoms with E-state index in [9.17, 15) is 9.18 Å². The molecule has 0 aromatic heterocycles. The van der Waals surface area contributed by atoms with Gasteiger partial charge in [-0.3, -0.25) is 0 Å². The van der Waals surface area contributed by atoms with E-state index in [-0.39, 0.29) is 17.9 Å². The number of halogens is 1. The Kier molecular flexibility index (Phi) is 6.33. The molecule has 0 saturated heterocycles. The van der Waals surface area contributed by atoms with Crippen LogP contribution in [0, 0.1) is 12.7 Å². The summed E-state index contributed by atoms with van der Waals surface area (Å²) in [5, 5.41) is 5.49. The Hall–Kier alpha value is -1.58. The fraction of sp³-hybridized carbons (Fsp3) is 0.533. The van der Waals surface area contributed by atoms with Crippen LogP contribution < -0.4 is 10.6 Å². The first-order valence-electron chi connectivity index (χ1n) is 6.86. The van der Waals surface area contributed by atoms with Crippen molar-refractivity contribution in [2.45, 2.75) is 52.5 Å². The van der Waals surface area contributed by atoms with Gasteiger partial charge in [-0.2, -0.15) is 0 Å². The van der Waals surface area contributed by atoms with Crippen LogP contribution in [0.5, 0.6) is 0 Å². The van der Waals surface area contributed by atoms with Crippen molar-refractivity contribution in [2.24, 2.45) is 0 Å². The first-order valence-corrected chi connectivity index (χ1v) is 6.86. The van der Waals surface area contributed by atoms with E-state index in [1.807, 2.05) is 6.92 Å². The van der Waals surface area contributed by atoms with Crippen molar-refractivity contribution in [1.82, 2.24) is 5.32 Å². The molecular formula is C15H23FN2O. The maximum absolute atomic E-state index is 13.3. The number of rotatable bonds is 6. The predicted octanol–water partition coefficient (Wildman–Crippen LogP) is 4.22. The number of carbonyl (C=O) groups is 1. The van der Waals surface area contributed by atoms with Crippen LogP contribution in [0.3, 0.4) is 0 Å². The first kappa shape index (κ1) is 15.5. The maximum atomic E-state index is 13.3. The number of aryl methyl sites for hydroxylation is 1. The fourth-order valence-corrected chi connectivity index (χ4v) is 1.83. The summed E-state index contributed by atoms with van der Waals surface area (Å²) in [6, 6.07) is 4.51. The molecule has 0 aliphatic heterocycles. The van der Waals surface area contributed by atoms with Gasteiger partial charge in [0.1, 0.15) is 5.82 Å². The van der Waals surface area contributed by atoms with E-state index in [1.54, 1.807) is 19.1 Å². The molecule has 19 heavy (non-hydrogen) atoms. The molecule has 0 aliphatic carbocycles. The number of urea groups is 1. The second-order valence-corrected chi connectivity index (χ2v) is 4.96. The van der Waals surface area contributed by atoms with Crippen LogP contribution in [0.4, 0.5) is 14.9 Å². The minimum Gasteiger partial charge on any atom is -0.335 e. The van der Waals surface area contributed by atoms with Crippen LogP contribution >= 0.6 is 0 Å². The lowest BCUT2D eigenvalue weighted by Crippen LogP contribution is -2.36. The van der Waals surface area contributed by atoms with Crippen LogP contribution in [0.15, 0.2) is 18.2 Å². The highest BCUT2D eigenvalue weighted by atomic mass is 19.1. The van der Waals surface area contributed by atoms with Crippen molar-refractivity contribution in [3.8, 4) is 0 Å². The monoisotopic (exact) mass is 266 g/mol. The van der Waals surface area contributed by atoms with Crippen LogP contribution in [0.25, 0.3) is 0 Å². The molecule has 3 nitrogen and oxygen atoms in total. The lowest BCUT2D eigenvalue weighted by molar-refractivity contribution is 0.248. The summed E-state index contributed by atoms with van der Waals surface area (Å²) in [4.78, 5) is 11.7. The number of hydrogen-bond acceptors (Lipinski definition) is 1. The highest BCUT2D eigenvalue weighted by molar-refractivity contribution is 5.89. The van der Waals surface area contributed by atoms with Gasteiger partial charge < -0.3 is 10.6 Å². The smallest absolute Gasteiger partial charge is 0.319 e. The summed E-state index contributed by atoms with van der Waals surface area (Å²) in [7, 11) is 0. The Labute approximate surface area is 114 Å². The van der Waals surface area contributed by atoms with Gasteiger partial charge in [-0.05, 0) is 38.0 Å². The van der Waals surface area contributed by atoms with E-state index in [4.69, 9.17) is 0 Å². The van der Waals surface area contributed by atoms with Gasteiger partial charge in [-0.25, -0.2) is 9.18 Å². The molecule has 106 valence electrons. The van der Waals surface area contributed by atoms with E-state index in [2.05, 4.69) is 17.6 Å². The van der Waals surface area contributed by atoms with Gasteiger partial charge in [-0.1, -0.05) is 32.3 Å². The third-order valence-corrected chi connectivity index (χ3v) is 3.05. The minimum atomic E-state index is -0.311. The van der Waals surface area contributed by atoms with Gasteiger partial charge in [0.25, 0.3) is 0 Å². The van der Waals surface area contributed by atoms with Crippen LogP contribution in [-0.2, 0) is 0 Å². The normalized spacial score (nSPS) is 12.0. The van der Waals surface area contributed by atoms with Crippen LogP contribution in [0.2, 0.25) is 0 Å². The summed E-state index contributed by atoms with van der Waals surface area (Å²) >= 11 is 0. The molecule has 2 N–H and O–H groups in total. The molecule has 0 bridgehead atoms. The number of anilines is 1. The molecular weight excluding hydrogens is 243 g/mol. The Morgan fingerprint density at radius 1 is 1.37 bits per heavy atom. The standard InChI is InChI=1S/C15H23FN2O/c1-4-5-6-7-12(3)17-15(19)18-13-9-8-11(2)14(16)10-13/h8-10,12H,4-7H2,1-3H3,(H2,17,18,19). The lowest BCUT2D eigenvalue weighted by Gasteiger charge is -2.14. The highest BCUT2D eigenvalue weighted by Crippen LogP contribution is 2.13. The Bertz CT molecular complexity index is 421. The molecule has 4 heteroatoms. The molecule has 1 aromatic carbocycles. The molecule has 0 heterocycles. The number of carbonyl (C=O) groups excluding carboxylic acids is 1. The third-order valence-electron chi connectivity index (χ3n) is 3.05. The molecule has 0 fully saturated rings. The van der Waals surface area contributed by atoms with Crippen molar-refractivity contribution in [2.75, 3.05) is 5.32 Å². The molecule has 0 spiro atoms. The quantitative estimate of drug-likeness (QED) is 0.743. The minimum absolute atomic E-state index is 0.127. The number of nitrogens with one attached hydrogen (secondary N) is 2. The zero-order chi connectivity index (χ0) is 14.3. The zero-order valence-electron chi connectivity index (χ0n) is 11.9. The average molecular weight is 266 g/mol. The van der Waals surface area contributed by atoms with Gasteiger partial charge in [0.05, 0.1) is 0 Å². The van der Waals surface area contributed by atoms with Gasteiger partial charge in [0.15, 0.2) is 0 Å². The molecule has 0 aliphatic rings. The fourth-order valence-electron chi connectivity index (χ4n) is 1.83. The van der Waals surface area contributed by atoms with E-state index in [1.165, 1.54) is 18.9 Å². The topological polar surface area (TPSA) is 41.1 Å². The van der Waals surface area contributed by atoms with Crippen LogP contribution in [0.1, 0.15) is 45.1 Å². The molecule has 1 rings (SSSR count). The van der Waals surface area contributed by atoms with E-state index >= 15 is 0 Å². The molecule has 0 radical (unpaired) electrons. The number of hydrogen-bond donors (Lipinski definition) is 2. The zero-order valence-corrected chi connectivity index (χ0v) is 11.9. The third kappa shape index (κ3) is 5.73. The first-order chi connectivity index (χ1) is 9.02. The maximum Gasteiger partial charge on any atom is 0.319 e. The Balaban J connectivity index is 2.39. The van der Waals surface area contributed by atoms with Crippen molar-refractivity contribution >= 4 is 11.7 Å². The molecule has 1 atom stereocenters. The van der Waals surface area contributed by atoms with Gasteiger partial charge in [-0.15, -0.1) is 0 Å². The van der Waals surface area contributed by atoms with Gasteiger partial charge in [0, 0.05) is 11.7 Å². The molecule has 2 amide bonds. The lowest BCUT2D eigenvalue weighted by atomic mass is 10.1. The van der Waals surface area contributed by atoms with Crippen molar-refractivity contribution < 1.29 is 9.18 Å². The summed E-state index contributed by atoms with van der Waals surface area (Å²) in [6.07, 6.45) is 4.42. The summed E-state index contributed by atoms with van der Waals surface area (Å²) in [6.45, 7) is 5.82. The molecule has 1 unspecified atom stereocenters. The van der Waals surface area contributed by atoms with Crippen molar-refractivity contribution in [3.63, 3.8) is 0 Å². The SMILES string of the molecule is CCCCCC(C)NC(=O)Nc1ccc(C)c(F)c1. The summed E-state index contributed by atoms with van der Waals surface area (Å²) in [5.41, 5.74) is 1.04. The van der Waals surface area contributed by atoms with E-state index in [0.29, 0.717) is 11.3 Å². The Morgan fingerprint density at radius 2 is 2.11 bits per heavy atom. The van der Waals surface area contributed by atoms with Crippen LogP contribution in [-0.4, -0.2) is 12.1 Å². The van der Waals surface area contributed by atoms with Crippen molar-refractivity contribution in [3.05, 3.63) is 29.6 Å². The molecule has 0 saturated carbocycles. The van der Waals surface area contributed by atoms with E-state index in [0.717, 1.165) is 12.8 Å². The summed E-state index contributed by atoms with van der Waals surface area (Å²) < 4.78 is 13.3. The summed E-state index contributed by atoms with van der Waals surface area (Å²) in [5.74, 6) is -0.311. The average Bonchev–Trinajstić information content (AvgIpc) is 2.34. The number of amides is 2. The number of unbranched alkanes of at least 4 members (excludes halogenated alkanes) is 2. The second kappa shape index (κ2) is 7.77. The van der Waals surface area contributed by atoms with E-state index < -0.39 is 0 Å². The highest BCUT2D eigenvalue weighted by Gasteiger charge is 2.08. The molecule has 1 aromatic rings. The second-order valence-electron chi connectivity index (χ2n) is 4.96. The Morgan fingerprint density at radius 3 is 2.74 bits per heavy atom. The van der Waals surface area contributed by atoms with Gasteiger partial charge >= 0.3 is 6.03 Å². The predicted molar refractivity (Wildman–Crippen MR) is 76.9 cm³/mol. The number of benzene rings is 1. The van der Waals surface area contributed by atoms with Gasteiger partial charge in [0.2, 0.25) is 0 Å². The largest absolute Gasteiger partial charge is 0.335 e.